The molecule has 2 atom stereocenters. The lowest BCUT2D eigenvalue weighted by Gasteiger charge is -2.45. The second-order valence-corrected chi connectivity index (χ2v) is 5.39. The lowest BCUT2D eigenvalue weighted by molar-refractivity contribution is -0.101. The van der Waals surface area contributed by atoms with E-state index in [1.807, 2.05) is 0 Å². The fourth-order valence-corrected chi connectivity index (χ4v) is 3.37. The van der Waals surface area contributed by atoms with Crippen LogP contribution in [0.4, 0.5) is 0 Å². The van der Waals surface area contributed by atoms with Crippen LogP contribution in [0.15, 0.2) is 0 Å². The van der Waals surface area contributed by atoms with Crippen molar-refractivity contribution in [1.82, 2.24) is 4.90 Å². The highest BCUT2D eigenvalue weighted by Gasteiger charge is 2.44. The molecule has 0 aromatic heterocycles. The number of hydrogen-bond acceptors (Lipinski definition) is 2. The van der Waals surface area contributed by atoms with Gasteiger partial charge in [0, 0.05) is 13.1 Å². The molecule has 2 aliphatic rings. The fourth-order valence-electron chi connectivity index (χ4n) is 3.37. The Morgan fingerprint density at radius 1 is 1.29 bits per heavy atom. The Labute approximate surface area is 87.3 Å². The topological polar surface area (TPSA) is 23.5 Å². The molecule has 0 aromatic carbocycles. The first-order chi connectivity index (χ1) is 6.63. The van der Waals surface area contributed by atoms with Crippen molar-refractivity contribution in [3.63, 3.8) is 0 Å². The molecule has 2 fully saturated rings. The molecule has 82 valence electrons. The van der Waals surface area contributed by atoms with E-state index in [2.05, 4.69) is 18.9 Å². The second kappa shape index (κ2) is 3.82. The minimum atomic E-state index is -0.344. The minimum Gasteiger partial charge on any atom is -0.389 e. The average molecular weight is 197 g/mol. The zero-order valence-corrected chi connectivity index (χ0v) is 9.50. The van der Waals surface area contributed by atoms with Gasteiger partial charge in [0.1, 0.15) is 0 Å². The summed E-state index contributed by atoms with van der Waals surface area (Å²) in [6.45, 7) is 4.35. The first kappa shape index (κ1) is 10.4. The van der Waals surface area contributed by atoms with E-state index in [9.17, 15) is 5.11 Å². The smallest absolute Gasteiger partial charge is 0.0725 e. The van der Waals surface area contributed by atoms with Gasteiger partial charge in [-0.15, -0.1) is 0 Å². The van der Waals surface area contributed by atoms with Crippen LogP contribution in [-0.2, 0) is 0 Å². The number of rotatable bonds is 1. The second-order valence-electron chi connectivity index (χ2n) is 5.39. The van der Waals surface area contributed by atoms with Crippen molar-refractivity contribution in [2.75, 3.05) is 20.1 Å². The van der Waals surface area contributed by atoms with Crippen LogP contribution in [-0.4, -0.2) is 35.7 Å². The van der Waals surface area contributed by atoms with Gasteiger partial charge in [-0.3, -0.25) is 0 Å². The number of piperidine rings is 1. The quantitative estimate of drug-likeness (QED) is 0.694. The molecule has 0 radical (unpaired) electrons. The Balaban J connectivity index is 2.05. The van der Waals surface area contributed by atoms with Crippen LogP contribution in [0.25, 0.3) is 0 Å². The SMILES string of the molecule is CC1CN(C)CCC1(O)C1CCCC1. The number of aliphatic hydroxyl groups is 1. The highest BCUT2D eigenvalue weighted by Crippen LogP contribution is 2.42. The summed E-state index contributed by atoms with van der Waals surface area (Å²) in [4.78, 5) is 2.34. The molecule has 2 nitrogen and oxygen atoms in total. The van der Waals surface area contributed by atoms with Crippen molar-refractivity contribution < 1.29 is 5.11 Å². The van der Waals surface area contributed by atoms with Crippen molar-refractivity contribution in [2.24, 2.45) is 11.8 Å². The molecule has 2 rings (SSSR count). The molecular weight excluding hydrogens is 174 g/mol. The van der Waals surface area contributed by atoms with Gasteiger partial charge in [-0.05, 0) is 38.1 Å². The van der Waals surface area contributed by atoms with Crippen molar-refractivity contribution in [3.8, 4) is 0 Å². The van der Waals surface area contributed by atoms with E-state index in [1.54, 1.807) is 0 Å². The average Bonchev–Trinajstić information content (AvgIpc) is 2.65. The van der Waals surface area contributed by atoms with E-state index in [4.69, 9.17) is 0 Å². The summed E-state index contributed by atoms with van der Waals surface area (Å²) in [5.74, 6) is 1.04. The Bertz CT molecular complexity index is 200. The summed E-state index contributed by atoms with van der Waals surface area (Å²) < 4.78 is 0. The molecule has 1 saturated carbocycles. The molecule has 1 aliphatic heterocycles. The lowest BCUT2D eigenvalue weighted by Crippen LogP contribution is -2.53. The molecule has 1 N–H and O–H groups in total. The van der Waals surface area contributed by atoms with Crippen LogP contribution in [0, 0.1) is 11.8 Å². The Kier molecular flexibility index (Phi) is 2.85. The molecule has 0 spiro atoms. The summed E-state index contributed by atoms with van der Waals surface area (Å²) in [6, 6.07) is 0. The van der Waals surface area contributed by atoms with Gasteiger partial charge in [-0.1, -0.05) is 19.8 Å². The van der Waals surface area contributed by atoms with Gasteiger partial charge in [-0.2, -0.15) is 0 Å². The maximum absolute atomic E-state index is 10.7. The molecular formula is C12H23NO. The predicted molar refractivity (Wildman–Crippen MR) is 58.2 cm³/mol. The Hall–Kier alpha value is -0.0800. The normalized spacial score (nSPS) is 41.8. The van der Waals surface area contributed by atoms with Crippen molar-refractivity contribution in [3.05, 3.63) is 0 Å². The molecule has 1 aliphatic carbocycles. The van der Waals surface area contributed by atoms with Crippen LogP contribution in [0.1, 0.15) is 39.0 Å². The van der Waals surface area contributed by atoms with Crippen LogP contribution in [0.2, 0.25) is 0 Å². The van der Waals surface area contributed by atoms with Crippen LogP contribution >= 0.6 is 0 Å². The molecule has 14 heavy (non-hydrogen) atoms. The zero-order chi connectivity index (χ0) is 10.2. The standard InChI is InChI=1S/C12H23NO/c1-10-9-13(2)8-7-12(10,14)11-5-3-4-6-11/h10-11,14H,3-9H2,1-2H3. The minimum absolute atomic E-state index is 0.344. The van der Waals surface area contributed by atoms with Gasteiger partial charge in [0.2, 0.25) is 0 Å². The van der Waals surface area contributed by atoms with Crippen LogP contribution in [0.5, 0.6) is 0 Å². The third-order valence-corrected chi connectivity index (χ3v) is 4.40. The molecule has 2 heteroatoms. The highest BCUT2D eigenvalue weighted by atomic mass is 16.3. The van der Waals surface area contributed by atoms with E-state index in [0.29, 0.717) is 11.8 Å². The highest BCUT2D eigenvalue weighted by molar-refractivity contribution is 4.96. The first-order valence-corrected chi connectivity index (χ1v) is 6.04. The molecule has 0 amide bonds. The largest absolute Gasteiger partial charge is 0.389 e. The van der Waals surface area contributed by atoms with E-state index >= 15 is 0 Å². The first-order valence-electron chi connectivity index (χ1n) is 6.04. The van der Waals surface area contributed by atoms with E-state index < -0.39 is 0 Å². The van der Waals surface area contributed by atoms with E-state index in [-0.39, 0.29) is 5.60 Å². The van der Waals surface area contributed by atoms with Gasteiger partial charge < -0.3 is 10.0 Å². The van der Waals surface area contributed by atoms with Gasteiger partial charge in [0.05, 0.1) is 5.60 Å². The summed E-state index contributed by atoms with van der Waals surface area (Å²) in [6.07, 6.45) is 6.15. The number of hydrogen-bond donors (Lipinski definition) is 1. The molecule has 0 aromatic rings. The third-order valence-electron chi connectivity index (χ3n) is 4.40. The summed E-state index contributed by atoms with van der Waals surface area (Å²) >= 11 is 0. The predicted octanol–water partition coefficient (Wildman–Crippen LogP) is 1.88. The molecule has 1 saturated heterocycles. The van der Waals surface area contributed by atoms with Crippen molar-refractivity contribution in [1.29, 1.82) is 0 Å². The molecule has 0 bridgehead atoms. The van der Waals surface area contributed by atoms with Crippen LogP contribution in [0.3, 0.4) is 0 Å². The zero-order valence-electron chi connectivity index (χ0n) is 9.50. The maximum atomic E-state index is 10.7. The van der Waals surface area contributed by atoms with Crippen LogP contribution < -0.4 is 0 Å². The third kappa shape index (κ3) is 1.70. The summed E-state index contributed by atoms with van der Waals surface area (Å²) in [5.41, 5.74) is -0.344. The molecule has 2 unspecified atom stereocenters. The Morgan fingerprint density at radius 3 is 2.50 bits per heavy atom. The summed E-state index contributed by atoms with van der Waals surface area (Å²) in [7, 11) is 2.16. The maximum Gasteiger partial charge on any atom is 0.0725 e. The van der Waals surface area contributed by atoms with Gasteiger partial charge in [-0.25, -0.2) is 0 Å². The molecule has 1 heterocycles. The fraction of sp³-hybridized carbons (Fsp3) is 1.00. The monoisotopic (exact) mass is 197 g/mol. The van der Waals surface area contributed by atoms with Crippen molar-refractivity contribution in [2.45, 2.75) is 44.6 Å². The lowest BCUT2D eigenvalue weighted by atomic mass is 9.72. The Morgan fingerprint density at radius 2 is 1.93 bits per heavy atom. The van der Waals surface area contributed by atoms with E-state index in [0.717, 1.165) is 19.5 Å². The number of nitrogens with zero attached hydrogens (tertiary/aromatic N) is 1. The van der Waals surface area contributed by atoms with Crippen molar-refractivity contribution >= 4 is 0 Å². The number of likely N-dealkylation sites (tertiary alicyclic amines) is 1. The van der Waals surface area contributed by atoms with Gasteiger partial charge in [0.15, 0.2) is 0 Å². The van der Waals surface area contributed by atoms with E-state index in [1.165, 1.54) is 25.7 Å². The van der Waals surface area contributed by atoms with Gasteiger partial charge in [0.25, 0.3) is 0 Å². The summed E-state index contributed by atoms with van der Waals surface area (Å²) in [5, 5.41) is 10.7. The van der Waals surface area contributed by atoms with Gasteiger partial charge >= 0.3 is 0 Å².